The van der Waals surface area contributed by atoms with Crippen molar-refractivity contribution in [2.24, 2.45) is 5.92 Å². The Hall–Kier alpha value is -1.16. The summed E-state index contributed by atoms with van der Waals surface area (Å²) in [7, 11) is 1.57. The molecule has 0 radical (unpaired) electrons. The Morgan fingerprint density at radius 1 is 1.47 bits per heavy atom. The summed E-state index contributed by atoms with van der Waals surface area (Å²) < 4.78 is 4.99. The maximum atomic E-state index is 9.83. The summed E-state index contributed by atoms with van der Waals surface area (Å²) in [6.45, 7) is 4.09. The Morgan fingerprint density at radius 3 is 2.80 bits per heavy atom. The van der Waals surface area contributed by atoms with Crippen molar-refractivity contribution in [3.8, 4) is 5.88 Å². The van der Waals surface area contributed by atoms with Gasteiger partial charge in [-0.3, -0.25) is 0 Å². The average molecular weight is 210 g/mol. The lowest BCUT2D eigenvalue weighted by Gasteiger charge is -2.16. The normalized spacial score (nSPS) is 14.7. The van der Waals surface area contributed by atoms with Gasteiger partial charge in [-0.15, -0.1) is 0 Å². The van der Waals surface area contributed by atoms with Gasteiger partial charge >= 0.3 is 0 Å². The second-order valence-corrected chi connectivity index (χ2v) is 3.71. The molecule has 0 amide bonds. The third-order valence-corrected chi connectivity index (χ3v) is 2.63. The Labute approximate surface area is 90.3 Å². The van der Waals surface area contributed by atoms with Crippen molar-refractivity contribution >= 4 is 0 Å². The molecule has 1 N–H and O–H groups in total. The third-order valence-electron chi connectivity index (χ3n) is 2.63. The van der Waals surface area contributed by atoms with E-state index in [4.69, 9.17) is 4.74 Å². The van der Waals surface area contributed by atoms with Gasteiger partial charge in [0.05, 0.1) is 18.9 Å². The summed E-state index contributed by atoms with van der Waals surface area (Å²) in [6.07, 6.45) is 2.61. The molecule has 2 atom stereocenters. The molecular formula is C11H18N2O2. The number of aromatic nitrogens is 2. The van der Waals surface area contributed by atoms with Gasteiger partial charge in [0.1, 0.15) is 6.33 Å². The smallest absolute Gasteiger partial charge is 0.216 e. The highest BCUT2D eigenvalue weighted by Crippen LogP contribution is 2.14. The maximum absolute atomic E-state index is 9.83. The van der Waals surface area contributed by atoms with Crippen molar-refractivity contribution in [1.82, 2.24) is 9.97 Å². The van der Waals surface area contributed by atoms with Gasteiger partial charge in [-0.25, -0.2) is 9.97 Å². The predicted molar refractivity (Wildman–Crippen MR) is 57.7 cm³/mol. The summed E-state index contributed by atoms with van der Waals surface area (Å²) in [6, 6.07) is 1.76. The highest BCUT2D eigenvalue weighted by Gasteiger charge is 2.13. The van der Waals surface area contributed by atoms with Gasteiger partial charge in [-0.2, -0.15) is 0 Å². The lowest BCUT2D eigenvalue weighted by molar-refractivity contribution is 0.113. The van der Waals surface area contributed by atoms with Crippen LogP contribution in [0.15, 0.2) is 12.4 Å². The average Bonchev–Trinajstić information content (AvgIpc) is 2.28. The molecular weight excluding hydrogens is 192 g/mol. The first-order chi connectivity index (χ1) is 7.17. The van der Waals surface area contributed by atoms with Gasteiger partial charge in [-0.1, -0.05) is 20.3 Å². The van der Waals surface area contributed by atoms with Crippen molar-refractivity contribution in [3.05, 3.63) is 18.1 Å². The van der Waals surface area contributed by atoms with Gasteiger partial charge in [0.25, 0.3) is 0 Å². The minimum atomic E-state index is -0.352. The first kappa shape index (κ1) is 11.9. The molecule has 0 aliphatic rings. The Kier molecular flexibility index (Phi) is 4.49. The molecule has 0 saturated carbocycles. The van der Waals surface area contributed by atoms with Gasteiger partial charge in [0.2, 0.25) is 5.88 Å². The fourth-order valence-corrected chi connectivity index (χ4v) is 1.29. The molecule has 1 heterocycles. The number of hydrogen-bond acceptors (Lipinski definition) is 4. The van der Waals surface area contributed by atoms with Crippen LogP contribution in [0.5, 0.6) is 5.88 Å². The van der Waals surface area contributed by atoms with E-state index in [2.05, 4.69) is 16.9 Å². The fourth-order valence-electron chi connectivity index (χ4n) is 1.29. The lowest BCUT2D eigenvalue weighted by atomic mass is 9.98. The molecule has 1 aromatic rings. The van der Waals surface area contributed by atoms with Crippen LogP contribution >= 0.6 is 0 Å². The van der Waals surface area contributed by atoms with Crippen molar-refractivity contribution in [2.75, 3.05) is 7.11 Å². The fraction of sp³-hybridized carbons (Fsp3) is 0.636. The van der Waals surface area contributed by atoms with Gasteiger partial charge in [0.15, 0.2) is 0 Å². The van der Waals surface area contributed by atoms with Crippen LogP contribution in [0.25, 0.3) is 0 Å². The molecule has 0 fully saturated rings. The minimum absolute atomic E-state index is 0.283. The molecule has 0 aliphatic heterocycles. The summed E-state index contributed by atoms with van der Waals surface area (Å²) >= 11 is 0. The third kappa shape index (κ3) is 3.47. The van der Waals surface area contributed by atoms with E-state index in [-0.39, 0.29) is 12.0 Å². The zero-order chi connectivity index (χ0) is 11.3. The predicted octanol–water partition coefficient (Wildman–Crippen LogP) is 1.43. The summed E-state index contributed by atoms with van der Waals surface area (Å²) in [5.74, 6) is 0.822. The van der Waals surface area contributed by atoms with E-state index in [1.807, 2.05) is 6.92 Å². The zero-order valence-electron chi connectivity index (χ0n) is 9.47. The van der Waals surface area contributed by atoms with Crippen LogP contribution in [0.3, 0.4) is 0 Å². The van der Waals surface area contributed by atoms with E-state index in [0.29, 0.717) is 12.3 Å². The summed E-state index contributed by atoms with van der Waals surface area (Å²) in [5, 5.41) is 9.83. The molecule has 4 heteroatoms. The number of rotatable bonds is 5. The topological polar surface area (TPSA) is 55.2 Å². The van der Waals surface area contributed by atoms with E-state index in [0.717, 1.165) is 12.1 Å². The molecule has 0 bridgehead atoms. The summed E-state index contributed by atoms with van der Waals surface area (Å²) in [4.78, 5) is 8.01. The molecule has 84 valence electrons. The zero-order valence-corrected chi connectivity index (χ0v) is 9.47. The molecule has 15 heavy (non-hydrogen) atoms. The molecule has 1 aromatic heterocycles. The number of methoxy groups -OCH3 is 1. The Balaban J connectivity index is 2.63. The van der Waals surface area contributed by atoms with Crippen LogP contribution in [0.4, 0.5) is 0 Å². The molecule has 0 aliphatic carbocycles. The standard InChI is InChI=1S/C11H18N2O2/c1-4-8(2)10(14)5-9-6-11(15-3)13-7-12-9/h6-8,10,14H,4-5H2,1-3H3. The highest BCUT2D eigenvalue weighted by molar-refractivity contribution is 5.14. The van der Waals surface area contributed by atoms with E-state index < -0.39 is 0 Å². The van der Waals surface area contributed by atoms with E-state index >= 15 is 0 Å². The molecule has 2 unspecified atom stereocenters. The van der Waals surface area contributed by atoms with Gasteiger partial charge < -0.3 is 9.84 Å². The van der Waals surface area contributed by atoms with Crippen LogP contribution in [0.2, 0.25) is 0 Å². The number of aliphatic hydroxyl groups is 1. The monoisotopic (exact) mass is 210 g/mol. The lowest BCUT2D eigenvalue weighted by Crippen LogP contribution is -2.20. The van der Waals surface area contributed by atoms with Gasteiger partial charge in [-0.05, 0) is 5.92 Å². The van der Waals surface area contributed by atoms with Crippen LogP contribution in [0.1, 0.15) is 26.0 Å². The Bertz CT molecular complexity index is 304. The highest BCUT2D eigenvalue weighted by atomic mass is 16.5. The second kappa shape index (κ2) is 5.66. The number of aliphatic hydroxyl groups excluding tert-OH is 1. The van der Waals surface area contributed by atoms with Crippen molar-refractivity contribution < 1.29 is 9.84 Å². The largest absolute Gasteiger partial charge is 0.481 e. The quantitative estimate of drug-likeness (QED) is 0.799. The SMILES string of the molecule is CCC(C)C(O)Cc1cc(OC)ncn1. The number of nitrogens with zero attached hydrogens (tertiary/aromatic N) is 2. The maximum Gasteiger partial charge on any atom is 0.216 e. The van der Waals surface area contributed by atoms with Crippen LogP contribution in [0, 0.1) is 5.92 Å². The van der Waals surface area contributed by atoms with E-state index in [9.17, 15) is 5.11 Å². The number of ether oxygens (including phenoxy) is 1. The number of hydrogen-bond donors (Lipinski definition) is 1. The first-order valence-electron chi connectivity index (χ1n) is 5.20. The van der Waals surface area contributed by atoms with Crippen LogP contribution < -0.4 is 4.74 Å². The van der Waals surface area contributed by atoms with Crippen LogP contribution in [-0.2, 0) is 6.42 Å². The molecule has 0 spiro atoms. The van der Waals surface area contributed by atoms with Gasteiger partial charge in [0, 0.05) is 12.5 Å². The second-order valence-electron chi connectivity index (χ2n) is 3.71. The minimum Gasteiger partial charge on any atom is -0.481 e. The molecule has 4 nitrogen and oxygen atoms in total. The first-order valence-corrected chi connectivity index (χ1v) is 5.20. The van der Waals surface area contributed by atoms with E-state index in [1.54, 1.807) is 13.2 Å². The van der Waals surface area contributed by atoms with Crippen molar-refractivity contribution in [3.63, 3.8) is 0 Å². The Morgan fingerprint density at radius 2 is 2.20 bits per heavy atom. The molecule has 0 aromatic carbocycles. The van der Waals surface area contributed by atoms with Crippen LogP contribution in [-0.4, -0.2) is 28.3 Å². The van der Waals surface area contributed by atoms with E-state index in [1.165, 1.54) is 6.33 Å². The molecule has 1 rings (SSSR count). The van der Waals surface area contributed by atoms with Crippen molar-refractivity contribution in [2.45, 2.75) is 32.8 Å². The van der Waals surface area contributed by atoms with Crippen molar-refractivity contribution in [1.29, 1.82) is 0 Å². The summed E-state index contributed by atoms with van der Waals surface area (Å²) in [5.41, 5.74) is 0.814. The molecule has 0 saturated heterocycles.